The van der Waals surface area contributed by atoms with Gasteiger partial charge in [-0.15, -0.1) is 0 Å². The Morgan fingerprint density at radius 1 is 1.17 bits per heavy atom. The average molecular weight is 158 g/mol. The average Bonchev–Trinajstić information content (AvgIpc) is 1.36. The van der Waals surface area contributed by atoms with Crippen molar-refractivity contribution in [3.05, 3.63) is 9.15 Å². The summed E-state index contributed by atoms with van der Waals surface area (Å²) in [5.74, 6) is 0. The van der Waals surface area contributed by atoms with E-state index in [-0.39, 0.29) is 9.15 Å². The van der Waals surface area contributed by atoms with Crippen molar-refractivity contribution in [3.8, 4) is 0 Å². The van der Waals surface area contributed by atoms with Gasteiger partial charge in [0.05, 0.1) is 0 Å². The first kappa shape index (κ1) is 6.83. The topological polar surface area (TPSA) is 0 Å². The van der Waals surface area contributed by atoms with Crippen molar-refractivity contribution in [1.82, 2.24) is 0 Å². The van der Waals surface area contributed by atoms with Gasteiger partial charge in [-0.2, -0.15) is 0 Å². The second-order valence-corrected chi connectivity index (χ2v) is 2.72. The van der Waals surface area contributed by atoms with Gasteiger partial charge >= 0.3 is 54.2 Å². The summed E-state index contributed by atoms with van der Waals surface area (Å²) < 4.78 is 0.284. The Balaban J connectivity index is 3.68. The van der Waals surface area contributed by atoms with E-state index < -0.39 is 0 Å². The number of halogens is 3. The number of rotatable bonds is 0. The molecule has 0 heterocycles. The number of hydrogen-bond acceptors (Lipinski definition) is 0. The Hall–Kier alpha value is 0.827. The van der Waals surface area contributed by atoms with Crippen LogP contribution in [0, 0.1) is 0 Å². The first-order valence-corrected chi connectivity index (χ1v) is 2.70. The molecule has 0 saturated carbocycles. The van der Waals surface area contributed by atoms with Crippen LogP contribution in [-0.4, -0.2) is 10.2 Å². The molecular weight excluding hydrogens is 158 g/mol. The van der Waals surface area contributed by atoms with Crippen LogP contribution in [0.25, 0.3) is 0 Å². The first-order valence-electron chi connectivity index (χ1n) is 1.07. The summed E-state index contributed by atoms with van der Waals surface area (Å²) in [4.78, 5) is 0. The van der Waals surface area contributed by atoms with Crippen LogP contribution in [0.15, 0.2) is 9.15 Å². The maximum atomic E-state index is 5.14. The molecule has 0 aromatic heterocycles. The zero-order valence-corrected chi connectivity index (χ0v) is 5.90. The molecule has 0 radical (unpaired) electrons. The zero-order chi connectivity index (χ0) is 5.15. The van der Waals surface area contributed by atoms with Crippen LogP contribution in [0.3, 0.4) is 0 Å². The molecule has 4 heteroatoms. The predicted molar refractivity (Wildman–Crippen MR) is 30.3 cm³/mol. The van der Waals surface area contributed by atoms with E-state index >= 15 is 0 Å². The first-order chi connectivity index (χ1) is 2.64. The molecule has 0 spiro atoms. The second-order valence-electron chi connectivity index (χ2n) is 0.574. The van der Waals surface area contributed by atoms with E-state index in [1.165, 1.54) is 0 Å². The van der Waals surface area contributed by atoms with Gasteiger partial charge in [0.15, 0.2) is 0 Å². The van der Waals surface area contributed by atoms with Crippen LogP contribution >= 0.6 is 34.8 Å². The third kappa shape index (κ3) is 3.03. The van der Waals surface area contributed by atoms with E-state index in [0.717, 1.165) is 0 Å². The molecule has 0 aromatic carbocycles. The fraction of sp³-hybridized carbons (Fsp3) is 0. The van der Waals surface area contributed by atoms with Crippen molar-refractivity contribution in [2.75, 3.05) is 0 Å². The Morgan fingerprint density at radius 2 is 1.33 bits per heavy atom. The molecule has 0 aromatic rings. The van der Waals surface area contributed by atoms with Gasteiger partial charge in [-0.05, 0) is 0 Å². The van der Waals surface area contributed by atoms with E-state index in [0.29, 0.717) is 0 Å². The molecule has 0 aliphatic rings. The molecule has 0 aliphatic carbocycles. The van der Waals surface area contributed by atoms with Crippen LogP contribution in [0.4, 0.5) is 0 Å². The molecular formula is C2Cl3Si+3. The van der Waals surface area contributed by atoms with E-state index in [2.05, 4.69) is 10.2 Å². The quantitative estimate of drug-likeness (QED) is 0.473. The van der Waals surface area contributed by atoms with E-state index in [1.807, 2.05) is 0 Å². The molecule has 0 fully saturated rings. The van der Waals surface area contributed by atoms with Crippen LogP contribution in [0.5, 0.6) is 0 Å². The standard InChI is InChI=1S/C2Cl3Si/c3-1(4)2(5)6/q+3. The monoisotopic (exact) mass is 157 g/mol. The van der Waals surface area contributed by atoms with Gasteiger partial charge in [-0.3, -0.25) is 0 Å². The third-order valence-electron chi connectivity index (χ3n) is 0.166. The summed E-state index contributed by atoms with van der Waals surface area (Å²) in [6.07, 6.45) is 0. The van der Waals surface area contributed by atoms with E-state index in [1.54, 1.807) is 0 Å². The molecule has 0 aliphatic heterocycles. The maximum absolute atomic E-state index is 5.14. The van der Waals surface area contributed by atoms with Crippen molar-refractivity contribution < 1.29 is 0 Å². The van der Waals surface area contributed by atoms with Crippen molar-refractivity contribution >= 4 is 45.0 Å². The molecule has 0 unspecified atom stereocenters. The van der Waals surface area contributed by atoms with Gasteiger partial charge in [0, 0.05) is 0 Å². The molecule has 0 N–H and O–H groups in total. The molecule has 6 heavy (non-hydrogen) atoms. The fourth-order valence-electron chi connectivity index (χ4n) is 0. The van der Waals surface area contributed by atoms with Crippen molar-refractivity contribution in [3.63, 3.8) is 0 Å². The van der Waals surface area contributed by atoms with Gasteiger partial charge in [0.1, 0.15) is 0 Å². The van der Waals surface area contributed by atoms with Crippen molar-refractivity contribution in [1.29, 1.82) is 0 Å². The van der Waals surface area contributed by atoms with Crippen molar-refractivity contribution in [2.24, 2.45) is 0 Å². The van der Waals surface area contributed by atoms with Crippen LogP contribution in [-0.2, 0) is 0 Å². The minimum atomic E-state index is 0.0494. The van der Waals surface area contributed by atoms with Gasteiger partial charge in [0.2, 0.25) is 0 Å². The summed E-state index contributed by atoms with van der Waals surface area (Å²) in [6.45, 7) is 0. The number of hydrogen-bond donors (Lipinski definition) is 0. The van der Waals surface area contributed by atoms with Crippen molar-refractivity contribution in [2.45, 2.75) is 0 Å². The van der Waals surface area contributed by atoms with Gasteiger partial charge in [-0.25, -0.2) is 0 Å². The normalized spacial score (nSPS) is 8.17. The van der Waals surface area contributed by atoms with Gasteiger partial charge < -0.3 is 0 Å². The molecule has 0 bridgehead atoms. The predicted octanol–water partition coefficient (Wildman–Crippen LogP) is 2.00. The Labute approximate surface area is 54.5 Å². The molecule has 0 rings (SSSR count). The Morgan fingerprint density at radius 3 is 1.33 bits per heavy atom. The summed E-state index contributed by atoms with van der Waals surface area (Å²) in [5.41, 5.74) is 0. The van der Waals surface area contributed by atoms with Gasteiger partial charge in [-0.1, -0.05) is 0 Å². The minimum absolute atomic E-state index is 0.0494. The summed E-state index contributed by atoms with van der Waals surface area (Å²) in [6, 6.07) is 0. The van der Waals surface area contributed by atoms with E-state index in [4.69, 9.17) is 34.8 Å². The second kappa shape index (κ2) is 2.91. The summed E-state index contributed by atoms with van der Waals surface area (Å²) in [7, 11) is 2.86. The SMILES string of the molecule is [Si+3]C(Cl)=C(Cl)Cl. The molecule has 0 nitrogen and oxygen atoms in total. The van der Waals surface area contributed by atoms with Crippen LogP contribution < -0.4 is 0 Å². The molecule has 0 amide bonds. The van der Waals surface area contributed by atoms with Crippen LogP contribution in [0.2, 0.25) is 0 Å². The Bertz CT molecular complexity index is 58.9. The fourth-order valence-corrected chi connectivity index (χ4v) is 0. The summed E-state index contributed by atoms with van der Waals surface area (Å²) >= 11 is 15.3. The van der Waals surface area contributed by atoms with Crippen LogP contribution in [0.1, 0.15) is 0 Å². The molecule has 0 atom stereocenters. The van der Waals surface area contributed by atoms with Gasteiger partial charge in [0.25, 0.3) is 0 Å². The summed E-state index contributed by atoms with van der Waals surface area (Å²) in [5, 5.41) is 0. The zero-order valence-electron chi connectivity index (χ0n) is 2.63. The molecule has 0 saturated heterocycles. The van der Waals surface area contributed by atoms with E-state index in [9.17, 15) is 0 Å². The third-order valence-corrected chi connectivity index (χ3v) is 1.49. The molecule has 30 valence electrons. The Kier molecular flexibility index (Phi) is 3.31.